The predicted molar refractivity (Wildman–Crippen MR) is 118 cm³/mol. The van der Waals surface area contributed by atoms with Crippen LogP contribution >= 0.6 is 11.3 Å². The molecule has 0 unspecified atom stereocenters. The molecule has 1 saturated heterocycles. The molecule has 0 spiro atoms. The van der Waals surface area contributed by atoms with Crippen LogP contribution in [0.4, 0.5) is 0 Å². The van der Waals surface area contributed by atoms with Gasteiger partial charge in [0.1, 0.15) is 5.69 Å². The third-order valence-electron chi connectivity index (χ3n) is 5.22. The van der Waals surface area contributed by atoms with Gasteiger partial charge in [-0.05, 0) is 49.5 Å². The summed E-state index contributed by atoms with van der Waals surface area (Å²) in [6.07, 6.45) is 6.25. The van der Waals surface area contributed by atoms with Gasteiger partial charge in [0.05, 0.1) is 15.9 Å². The highest BCUT2D eigenvalue weighted by molar-refractivity contribution is 7.79. The highest BCUT2D eigenvalue weighted by Gasteiger charge is 2.16. The summed E-state index contributed by atoms with van der Waals surface area (Å²) in [5, 5.41) is 2.11. The molecular formula is C20H24N4O4S2. The van der Waals surface area contributed by atoms with Crippen LogP contribution in [0.1, 0.15) is 19.3 Å². The average molecular weight is 449 g/mol. The number of hydrogen-bond acceptors (Lipinski definition) is 5. The van der Waals surface area contributed by atoms with Crippen molar-refractivity contribution >= 4 is 38.5 Å². The Morgan fingerprint density at radius 1 is 0.967 bits per heavy atom. The second kappa shape index (κ2) is 8.86. The second-order valence-corrected chi connectivity index (χ2v) is 9.11. The molecule has 0 atom stereocenters. The lowest BCUT2D eigenvalue weighted by Crippen LogP contribution is -2.32. The molecule has 160 valence electrons. The van der Waals surface area contributed by atoms with Crippen molar-refractivity contribution in [3.05, 3.63) is 48.0 Å². The van der Waals surface area contributed by atoms with Crippen LogP contribution in [0.3, 0.4) is 0 Å². The molecule has 8 nitrogen and oxygen atoms in total. The highest BCUT2D eigenvalue weighted by Crippen LogP contribution is 2.28. The normalized spacial score (nSPS) is 15.4. The minimum absolute atomic E-state index is 0.998. The van der Waals surface area contributed by atoms with Gasteiger partial charge in [-0.25, -0.2) is 4.98 Å². The van der Waals surface area contributed by atoms with Crippen LogP contribution in [-0.4, -0.2) is 56.0 Å². The van der Waals surface area contributed by atoms with Gasteiger partial charge in [-0.2, -0.15) is 8.42 Å². The van der Waals surface area contributed by atoms with Crippen LogP contribution in [0.5, 0.6) is 0 Å². The fourth-order valence-corrected chi connectivity index (χ4v) is 4.61. The number of rotatable bonds is 4. The summed E-state index contributed by atoms with van der Waals surface area (Å²) in [6.45, 7) is 4.59. The van der Waals surface area contributed by atoms with Crippen LogP contribution in [0.25, 0.3) is 27.4 Å². The fourth-order valence-electron chi connectivity index (χ4n) is 3.93. The fraction of sp³-hybridized carbons (Fsp3) is 0.350. The van der Waals surface area contributed by atoms with Gasteiger partial charge in [-0.1, -0.05) is 24.6 Å². The Morgan fingerprint density at radius 2 is 1.67 bits per heavy atom. The molecule has 1 aromatic carbocycles. The lowest BCUT2D eigenvalue weighted by atomic mass is 10.1. The Labute approximate surface area is 179 Å². The van der Waals surface area contributed by atoms with E-state index in [0.717, 1.165) is 24.6 Å². The van der Waals surface area contributed by atoms with E-state index in [2.05, 4.69) is 61.8 Å². The first-order chi connectivity index (χ1) is 14.4. The average Bonchev–Trinajstić information content (AvgIpc) is 3.42. The number of likely N-dealkylation sites (tertiary alicyclic amines) is 1. The van der Waals surface area contributed by atoms with E-state index in [1.807, 2.05) is 0 Å². The zero-order valence-electron chi connectivity index (χ0n) is 16.4. The number of thiophene rings is 1. The van der Waals surface area contributed by atoms with Crippen molar-refractivity contribution in [3.63, 3.8) is 0 Å². The first-order valence-corrected chi connectivity index (χ1v) is 12.1. The van der Waals surface area contributed by atoms with Crippen molar-refractivity contribution in [1.82, 2.24) is 18.9 Å². The summed E-state index contributed by atoms with van der Waals surface area (Å²) in [5.74, 6) is 1.06. The van der Waals surface area contributed by atoms with Gasteiger partial charge in [0.15, 0.2) is 0 Å². The maximum atomic E-state index is 8.74. The topological polar surface area (TPSA) is 100 Å². The molecule has 30 heavy (non-hydrogen) atoms. The number of para-hydroxylation sites is 2. The zero-order valence-corrected chi connectivity index (χ0v) is 18.0. The van der Waals surface area contributed by atoms with Gasteiger partial charge < -0.3 is 9.47 Å². The number of aromatic nitrogens is 3. The minimum atomic E-state index is -4.67. The van der Waals surface area contributed by atoms with Crippen LogP contribution in [0, 0.1) is 0 Å². The molecule has 10 heteroatoms. The molecular weight excluding hydrogens is 424 g/mol. The molecule has 0 saturated carbocycles. The van der Waals surface area contributed by atoms with E-state index < -0.39 is 10.4 Å². The third kappa shape index (κ3) is 4.90. The molecule has 0 aliphatic carbocycles. The van der Waals surface area contributed by atoms with E-state index in [0.29, 0.717) is 0 Å². The maximum absolute atomic E-state index is 8.74. The molecule has 1 fully saturated rings. The Morgan fingerprint density at radius 3 is 2.33 bits per heavy atom. The monoisotopic (exact) mass is 448 g/mol. The molecule has 4 aromatic rings. The van der Waals surface area contributed by atoms with Crippen LogP contribution in [0.15, 0.2) is 48.0 Å². The van der Waals surface area contributed by atoms with Crippen molar-refractivity contribution in [2.75, 3.05) is 19.6 Å². The molecule has 2 N–H and O–H groups in total. The van der Waals surface area contributed by atoms with E-state index in [1.165, 1.54) is 48.3 Å². The van der Waals surface area contributed by atoms with Crippen molar-refractivity contribution < 1.29 is 17.5 Å². The van der Waals surface area contributed by atoms with Crippen molar-refractivity contribution in [3.8, 4) is 10.6 Å². The Kier molecular flexibility index (Phi) is 6.21. The van der Waals surface area contributed by atoms with Gasteiger partial charge in [0.2, 0.25) is 5.78 Å². The number of hydrogen-bond donors (Lipinski definition) is 2. The van der Waals surface area contributed by atoms with Crippen LogP contribution in [0.2, 0.25) is 0 Å². The summed E-state index contributed by atoms with van der Waals surface area (Å²) < 4.78 is 36.2. The van der Waals surface area contributed by atoms with E-state index in [1.54, 1.807) is 11.3 Å². The lowest BCUT2D eigenvalue weighted by Gasteiger charge is -2.26. The highest BCUT2D eigenvalue weighted by atomic mass is 32.3. The third-order valence-corrected chi connectivity index (χ3v) is 6.12. The van der Waals surface area contributed by atoms with Crippen molar-refractivity contribution in [2.24, 2.45) is 0 Å². The molecule has 5 rings (SSSR count). The summed E-state index contributed by atoms with van der Waals surface area (Å²) in [6, 6.07) is 12.9. The maximum Gasteiger partial charge on any atom is 0.394 e. The molecule has 0 bridgehead atoms. The molecule has 1 aliphatic rings. The number of nitrogens with zero attached hydrogens (tertiary/aromatic N) is 4. The molecule has 1 aliphatic heterocycles. The number of benzene rings is 1. The SMILES string of the molecule is O=S(=O)(O)O.c1csc(-c2cn3c4ccccc4n(CCN4CCCCC4)c3n2)c1. The molecule has 3 aromatic heterocycles. The van der Waals surface area contributed by atoms with Gasteiger partial charge in [0.25, 0.3) is 0 Å². The van der Waals surface area contributed by atoms with Gasteiger partial charge in [-0.3, -0.25) is 13.5 Å². The number of fused-ring (bicyclic) bond motifs is 3. The Hall–Kier alpha value is -2.24. The smallest absolute Gasteiger partial charge is 0.308 e. The van der Waals surface area contributed by atoms with E-state index >= 15 is 0 Å². The molecule has 0 radical (unpaired) electrons. The lowest BCUT2D eigenvalue weighted by molar-refractivity contribution is 0.222. The Bertz CT molecular complexity index is 1210. The zero-order chi connectivity index (χ0) is 21.1. The summed E-state index contributed by atoms with van der Waals surface area (Å²) in [4.78, 5) is 8.80. The van der Waals surface area contributed by atoms with Crippen molar-refractivity contribution in [1.29, 1.82) is 0 Å². The molecule has 4 heterocycles. The summed E-state index contributed by atoms with van der Waals surface area (Å²) >= 11 is 1.75. The summed E-state index contributed by atoms with van der Waals surface area (Å²) in [7, 11) is -4.67. The quantitative estimate of drug-likeness (QED) is 0.460. The first-order valence-electron chi connectivity index (χ1n) is 9.82. The Balaban J connectivity index is 0.000000393. The van der Waals surface area contributed by atoms with Gasteiger partial charge in [-0.15, -0.1) is 11.3 Å². The van der Waals surface area contributed by atoms with E-state index in [-0.39, 0.29) is 0 Å². The minimum Gasteiger partial charge on any atom is -0.308 e. The summed E-state index contributed by atoms with van der Waals surface area (Å²) in [5.41, 5.74) is 3.59. The number of imidazole rings is 2. The van der Waals surface area contributed by atoms with E-state index in [9.17, 15) is 0 Å². The molecule has 0 amide bonds. The first kappa shape index (κ1) is 21.0. The number of piperidine rings is 1. The van der Waals surface area contributed by atoms with E-state index in [4.69, 9.17) is 22.5 Å². The second-order valence-electron chi connectivity index (χ2n) is 7.26. The van der Waals surface area contributed by atoms with Gasteiger partial charge >= 0.3 is 10.4 Å². The largest absolute Gasteiger partial charge is 0.394 e. The van der Waals surface area contributed by atoms with Crippen LogP contribution in [-0.2, 0) is 16.9 Å². The van der Waals surface area contributed by atoms with Crippen molar-refractivity contribution in [2.45, 2.75) is 25.8 Å². The van der Waals surface area contributed by atoms with Crippen LogP contribution < -0.4 is 0 Å². The predicted octanol–water partition coefficient (Wildman–Crippen LogP) is 3.85. The van der Waals surface area contributed by atoms with Gasteiger partial charge in [0, 0.05) is 19.3 Å². The standard InChI is InChI=1S/C20H22N4S.H2O4S/c1-4-10-22(11-5-1)12-13-23-17-7-2-3-8-18(17)24-15-16(21-20(23)24)19-9-6-14-25-19;1-5(2,3)4/h2-3,6-9,14-15H,1,4-5,10-13H2;(H2,1,2,3,4).